The summed E-state index contributed by atoms with van der Waals surface area (Å²) in [6, 6.07) is 13.1. The van der Waals surface area contributed by atoms with Crippen LogP contribution in [0.15, 0.2) is 48.5 Å². The molecule has 2 aromatic carbocycles. The van der Waals surface area contributed by atoms with Gasteiger partial charge in [-0.05, 0) is 37.3 Å². The van der Waals surface area contributed by atoms with Gasteiger partial charge in [-0.1, -0.05) is 18.2 Å². The maximum absolute atomic E-state index is 13.1. The minimum Gasteiger partial charge on any atom is -0.467 e. The zero-order valence-electron chi connectivity index (χ0n) is 12.4. The average Bonchev–Trinajstić information content (AvgIpc) is 2.52. The van der Waals surface area contributed by atoms with Gasteiger partial charge in [0.15, 0.2) is 6.61 Å². The van der Waals surface area contributed by atoms with Gasteiger partial charge in [-0.25, -0.2) is 9.37 Å². The van der Waals surface area contributed by atoms with Crippen LogP contribution in [-0.4, -0.2) is 22.5 Å². The van der Waals surface area contributed by atoms with Crippen molar-refractivity contribution in [2.24, 2.45) is 0 Å². The number of aryl methyl sites for hydroxylation is 1. The molecule has 23 heavy (non-hydrogen) atoms. The smallest absolute Gasteiger partial charge is 0.262 e. The fraction of sp³-hybridized carbons (Fsp3) is 0.118. The quantitative estimate of drug-likeness (QED) is 0.804. The van der Waals surface area contributed by atoms with Crippen molar-refractivity contribution in [2.75, 3.05) is 11.9 Å². The molecule has 0 bridgehead atoms. The molecule has 0 fully saturated rings. The highest BCUT2D eigenvalue weighted by Crippen LogP contribution is 2.21. The Morgan fingerprint density at radius 1 is 1.17 bits per heavy atom. The second-order valence-electron chi connectivity index (χ2n) is 4.94. The number of carbonyl (C=O) groups is 1. The van der Waals surface area contributed by atoms with Gasteiger partial charge in [0, 0.05) is 5.69 Å². The van der Waals surface area contributed by atoms with Gasteiger partial charge in [0.05, 0.1) is 10.9 Å². The van der Waals surface area contributed by atoms with Gasteiger partial charge in [-0.2, -0.15) is 4.98 Å². The Kier molecular flexibility index (Phi) is 4.14. The molecule has 0 radical (unpaired) electrons. The Labute approximate surface area is 132 Å². The van der Waals surface area contributed by atoms with Crippen LogP contribution in [0.1, 0.15) is 5.82 Å². The molecule has 0 aliphatic heterocycles. The molecule has 116 valence electrons. The fourth-order valence-electron chi connectivity index (χ4n) is 2.17. The lowest BCUT2D eigenvalue weighted by Gasteiger charge is -2.09. The zero-order valence-corrected chi connectivity index (χ0v) is 12.4. The van der Waals surface area contributed by atoms with Crippen molar-refractivity contribution in [3.63, 3.8) is 0 Å². The van der Waals surface area contributed by atoms with Crippen LogP contribution >= 0.6 is 0 Å². The van der Waals surface area contributed by atoms with Crippen LogP contribution in [-0.2, 0) is 4.79 Å². The number of ether oxygens (including phenoxy) is 1. The van der Waals surface area contributed by atoms with Crippen LogP contribution in [0.2, 0.25) is 0 Å². The highest BCUT2D eigenvalue weighted by molar-refractivity contribution is 5.92. The maximum Gasteiger partial charge on any atom is 0.262 e. The van der Waals surface area contributed by atoms with Crippen molar-refractivity contribution in [3.8, 4) is 5.88 Å². The van der Waals surface area contributed by atoms with Crippen molar-refractivity contribution in [3.05, 3.63) is 60.2 Å². The molecular formula is C17H14FN3O2. The summed E-state index contributed by atoms with van der Waals surface area (Å²) in [6.07, 6.45) is 0. The van der Waals surface area contributed by atoms with E-state index in [1.165, 1.54) is 18.2 Å². The average molecular weight is 311 g/mol. The van der Waals surface area contributed by atoms with Crippen LogP contribution in [0.5, 0.6) is 5.88 Å². The van der Waals surface area contributed by atoms with E-state index in [0.717, 1.165) is 10.9 Å². The number of hydrogen-bond acceptors (Lipinski definition) is 4. The van der Waals surface area contributed by atoms with Gasteiger partial charge in [-0.15, -0.1) is 0 Å². The van der Waals surface area contributed by atoms with E-state index in [1.54, 1.807) is 13.0 Å². The molecule has 5 nitrogen and oxygen atoms in total. The van der Waals surface area contributed by atoms with Crippen molar-refractivity contribution in [2.45, 2.75) is 6.92 Å². The van der Waals surface area contributed by atoms with Crippen LogP contribution in [0.3, 0.4) is 0 Å². The van der Waals surface area contributed by atoms with Crippen molar-refractivity contribution < 1.29 is 13.9 Å². The van der Waals surface area contributed by atoms with E-state index in [2.05, 4.69) is 15.3 Å². The van der Waals surface area contributed by atoms with Crippen LogP contribution in [0.4, 0.5) is 10.1 Å². The monoisotopic (exact) mass is 311 g/mol. The number of para-hydroxylation sites is 1. The number of anilines is 1. The molecule has 0 unspecified atom stereocenters. The molecule has 0 saturated heterocycles. The van der Waals surface area contributed by atoms with Crippen LogP contribution in [0, 0.1) is 12.7 Å². The molecule has 0 aliphatic rings. The number of nitrogens with zero attached hydrogens (tertiary/aromatic N) is 2. The van der Waals surface area contributed by atoms with E-state index < -0.39 is 11.7 Å². The van der Waals surface area contributed by atoms with E-state index in [0.29, 0.717) is 17.4 Å². The Morgan fingerprint density at radius 2 is 2.00 bits per heavy atom. The molecular weight excluding hydrogens is 297 g/mol. The highest BCUT2D eigenvalue weighted by atomic mass is 19.1. The summed E-state index contributed by atoms with van der Waals surface area (Å²) in [5.41, 5.74) is 1.13. The number of amides is 1. The van der Waals surface area contributed by atoms with E-state index in [4.69, 9.17) is 4.74 Å². The van der Waals surface area contributed by atoms with Gasteiger partial charge in [-0.3, -0.25) is 4.79 Å². The lowest BCUT2D eigenvalue weighted by molar-refractivity contribution is -0.118. The van der Waals surface area contributed by atoms with Gasteiger partial charge in [0.2, 0.25) is 5.88 Å². The summed E-state index contributed by atoms with van der Waals surface area (Å²) < 4.78 is 18.6. The third-order valence-electron chi connectivity index (χ3n) is 3.13. The lowest BCUT2D eigenvalue weighted by Crippen LogP contribution is -2.20. The number of benzene rings is 2. The molecule has 1 amide bonds. The fourth-order valence-corrected chi connectivity index (χ4v) is 2.17. The van der Waals surface area contributed by atoms with Crippen molar-refractivity contribution in [1.82, 2.24) is 9.97 Å². The first-order chi connectivity index (χ1) is 11.1. The standard InChI is InChI=1S/C17H14FN3O2/c1-11-19-15-8-3-2-7-14(15)17(20-11)23-10-16(22)21-13-6-4-5-12(18)9-13/h2-9H,10H2,1H3,(H,21,22). The number of hydrogen-bond donors (Lipinski definition) is 1. The number of aromatic nitrogens is 2. The Balaban J connectivity index is 1.72. The van der Waals surface area contributed by atoms with E-state index in [1.807, 2.05) is 24.3 Å². The Morgan fingerprint density at radius 3 is 2.83 bits per heavy atom. The van der Waals surface area contributed by atoms with Crippen molar-refractivity contribution in [1.29, 1.82) is 0 Å². The number of halogens is 1. The molecule has 3 rings (SSSR count). The van der Waals surface area contributed by atoms with Crippen LogP contribution < -0.4 is 10.1 Å². The van der Waals surface area contributed by atoms with Crippen LogP contribution in [0.25, 0.3) is 10.9 Å². The first kappa shape index (κ1) is 14.9. The molecule has 3 aromatic rings. The normalized spacial score (nSPS) is 10.5. The molecule has 1 aromatic heterocycles. The third kappa shape index (κ3) is 3.60. The molecule has 6 heteroatoms. The highest BCUT2D eigenvalue weighted by Gasteiger charge is 2.09. The first-order valence-corrected chi connectivity index (χ1v) is 7.03. The van der Waals surface area contributed by atoms with Gasteiger partial charge >= 0.3 is 0 Å². The lowest BCUT2D eigenvalue weighted by atomic mass is 10.2. The minimum absolute atomic E-state index is 0.225. The molecule has 1 heterocycles. The molecule has 0 saturated carbocycles. The SMILES string of the molecule is Cc1nc(OCC(=O)Nc2cccc(F)c2)c2ccccc2n1. The second kappa shape index (κ2) is 6.39. The van der Waals surface area contributed by atoms with Gasteiger partial charge in [0.1, 0.15) is 11.6 Å². The number of rotatable bonds is 4. The maximum atomic E-state index is 13.1. The Bertz CT molecular complexity index is 867. The summed E-state index contributed by atoms with van der Waals surface area (Å²) in [5.74, 6) is 0.101. The van der Waals surface area contributed by atoms with Gasteiger partial charge < -0.3 is 10.1 Å². The second-order valence-corrected chi connectivity index (χ2v) is 4.94. The number of fused-ring (bicyclic) bond motifs is 1. The van der Waals surface area contributed by atoms with E-state index >= 15 is 0 Å². The molecule has 0 aliphatic carbocycles. The number of carbonyl (C=O) groups excluding carboxylic acids is 1. The predicted octanol–water partition coefficient (Wildman–Crippen LogP) is 3.09. The predicted molar refractivity (Wildman–Crippen MR) is 84.8 cm³/mol. The minimum atomic E-state index is -0.416. The zero-order chi connectivity index (χ0) is 16.2. The summed E-state index contributed by atoms with van der Waals surface area (Å²) in [5, 5.41) is 3.30. The molecule has 0 atom stereocenters. The molecule has 1 N–H and O–H groups in total. The number of nitrogens with one attached hydrogen (secondary N) is 1. The van der Waals surface area contributed by atoms with E-state index in [-0.39, 0.29) is 6.61 Å². The van der Waals surface area contributed by atoms with E-state index in [9.17, 15) is 9.18 Å². The first-order valence-electron chi connectivity index (χ1n) is 7.03. The summed E-state index contributed by atoms with van der Waals surface area (Å²) in [4.78, 5) is 20.4. The van der Waals surface area contributed by atoms with Crippen molar-refractivity contribution >= 4 is 22.5 Å². The molecule has 0 spiro atoms. The Hall–Kier alpha value is -3.02. The summed E-state index contributed by atoms with van der Waals surface area (Å²) in [6.45, 7) is 1.53. The topological polar surface area (TPSA) is 64.1 Å². The largest absolute Gasteiger partial charge is 0.467 e. The van der Waals surface area contributed by atoms with Gasteiger partial charge in [0.25, 0.3) is 5.91 Å². The third-order valence-corrected chi connectivity index (χ3v) is 3.13. The summed E-state index contributed by atoms with van der Waals surface area (Å²) in [7, 11) is 0. The summed E-state index contributed by atoms with van der Waals surface area (Å²) >= 11 is 0.